The minimum Gasteiger partial charge on any atom is -0.372 e. The first-order valence-corrected chi connectivity index (χ1v) is 9.05. The summed E-state index contributed by atoms with van der Waals surface area (Å²) in [6.45, 7) is 6.38. The highest BCUT2D eigenvalue weighted by Crippen LogP contribution is 2.24. The molecule has 0 atom stereocenters. The normalized spacial score (nSPS) is 14.8. The summed E-state index contributed by atoms with van der Waals surface area (Å²) in [5, 5.41) is 5.24. The van der Waals surface area contributed by atoms with Crippen LogP contribution in [-0.2, 0) is 9.59 Å². The largest absolute Gasteiger partial charge is 0.372 e. The van der Waals surface area contributed by atoms with Crippen LogP contribution < -0.4 is 15.5 Å². The van der Waals surface area contributed by atoms with Gasteiger partial charge in [0.05, 0.1) is 0 Å². The van der Waals surface area contributed by atoms with Gasteiger partial charge in [-0.2, -0.15) is 0 Å². The van der Waals surface area contributed by atoms with Crippen molar-refractivity contribution in [1.29, 1.82) is 0 Å². The standard InChI is InChI=1S/C21H25N3O2/c1-15-3-5-17(6-4-15)22-20(25)21(26)23-18-7-9-19(10-8-18)24-13-11-16(2)12-14-24/h3-10,16H,11-14H2,1-2H3,(H,22,25)(H,23,26). The number of carbonyl (C=O) groups is 2. The van der Waals surface area contributed by atoms with Crippen molar-refractivity contribution in [2.75, 3.05) is 28.6 Å². The second kappa shape index (κ2) is 8.04. The first-order valence-electron chi connectivity index (χ1n) is 9.05. The lowest BCUT2D eigenvalue weighted by molar-refractivity contribution is -0.132. The smallest absolute Gasteiger partial charge is 0.314 e. The summed E-state index contributed by atoms with van der Waals surface area (Å²) in [7, 11) is 0. The van der Waals surface area contributed by atoms with E-state index in [2.05, 4.69) is 22.5 Å². The van der Waals surface area contributed by atoms with Gasteiger partial charge in [0.15, 0.2) is 0 Å². The quantitative estimate of drug-likeness (QED) is 0.827. The van der Waals surface area contributed by atoms with Crippen LogP contribution in [0.15, 0.2) is 48.5 Å². The van der Waals surface area contributed by atoms with E-state index in [0.29, 0.717) is 11.4 Å². The van der Waals surface area contributed by atoms with Crippen molar-refractivity contribution >= 4 is 28.9 Å². The zero-order valence-corrected chi connectivity index (χ0v) is 15.3. The van der Waals surface area contributed by atoms with Crippen LogP contribution in [0, 0.1) is 12.8 Å². The number of anilines is 3. The molecule has 1 aliphatic rings. The molecule has 0 radical (unpaired) electrons. The maximum absolute atomic E-state index is 12.1. The molecule has 2 aromatic carbocycles. The van der Waals surface area contributed by atoms with Gasteiger partial charge in [0, 0.05) is 30.2 Å². The van der Waals surface area contributed by atoms with Crippen molar-refractivity contribution in [1.82, 2.24) is 0 Å². The molecule has 5 nitrogen and oxygen atoms in total. The molecule has 0 aliphatic carbocycles. The van der Waals surface area contributed by atoms with Crippen molar-refractivity contribution in [3.8, 4) is 0 Å². The van der Waals surface area contributed by atoms with Gasteiger partial charge in [-0.05, 0) is 62.1 Å². The average Bonchev–Trinajstić information content (AvgIpc) is 2.65. The predicted octanol–water partition coefficient (Wildman–Crippen LogP) is 3.81. The lowest BCUT2D eigenvalue weighted by atomic mass is 9.99. The minimum absolute atomic E-state index is 0.602. The van der Waals surface area contributed by atoms with Crippen LogP contribution >= 0.6 is 0 Å². The molecule has 3 rings (SSSR count). The molecule has 0 saturated carbocycles. The molecule has 1 aliphatic heterocycles. The molecule has 2 N–H and O–H groups in total. The minimum atomic E-state index is -0.678. The van der Waals surface area contributed by atoms with Gasteiger partial charge in [-0.15, -0.1) is 0 Å². The fraction of sp³-hybridized carbons (Fsp3) is 0.333. The van der Waals surface area contributed by atoms with Crippen LogP contribution in [0.4, 0.5) is 17.1 Å². The number of hydrogen-bond donors (Lipinski definition) is 2. The van der Waals surface area contributed by atoms with Gasteiger partial charge in [-0.3, -0.25) is 9.59 Å². The average molecular weight is 351 g/mol. The van der Waals surface area contributed by atoms with E-state index >= 15 is 0 Å². The molecular weight excluding hydrogens is 326 g/mol. The summed E-state index contributed by atoms with van der Waals surface area (Å²) < 4.78 is 0. The van der Waals surface area contributed by atoms with Crippen LogP contribution in [0.25, 0.3) is 0 Å². The Morgan fingerprint density at radius 3 is 1.81 bits per heavy atom. The lowest BCUT2D eigenvalue weighted by Crippen LogP contribution is -2.32. The van der Waals surface area contributed by atoms with Crippen LogP contribution in [0.3, 0.4) is 0 Å². The van der Waals surface area contributed by atoms with E-state index < -0.39 is 11.8 Å². The first kappa shape index (κ1) is 18.0. The fourth-order valence-corrected chi connectivity index (χ4v) is 3.03. The van der Waals surface area contributed by atoms with Crippen molar-refractivity contribution in [2.24, 2.45) is 5.92 Å². The van der Waals surface area contributed by atoms with Gasteiger partial charge >= 0.3 is 11.8 Å². The Hall–Kier alpha value is -2.82. The summed E-state index contributed by atoms with van der Waals surface area (Å²) in [4.78, 5) is 26.4. The number of nitrogens with zero attached hydrogens (tertiary/aromatic N) is 1. The summed E-state index contributed by atoms with van der Waals surface area (Å²) >= 11 is 0. The third kappa shape index (κ3) is 4.63. The molecule has 0 bridgehead atoms. The number of aryl methyl sites for hydroxylation is 1. The van der Waals surface area contributed by atoms with Crippen LogP contribution in [0.2, 0.25) is 0 Å². The Morgan fingerprint density at radius 1 is 0.846 bits per heavy atom. The highest BCUT2D eigenvalue weighted by molar-refractivity contribution is 6.43. The molecule has 26 heavy (non-hydrogen) atoms. The highest BCUT2D eigenvalue weighted by Gasteiger charge is 2.17. The SMILES string of the molecule is Cc1ccc(NC(=O)C(=O)Nc2ccc(N3CCC(C)CC3)cc2)cc1. The van der Waals surface area contributed by atoms with E-state index in [9.17, 15) is 9.59 Å². The number of carbonyl (C=O) groups excluding carboxylic acids is 2. The van der Waals surface area contributed by atoms with Crippen molar-refractivity contribution in [3.05, 3.63) is 54.1 Å². The summed E-state index contributed by atoms with van der Waals surface area (Å²) in [5.74, 6) is -0.565. The van der Waals surface area contributed by atoms with E-state index in [1.54, 1.807) is 12.1 Å². The molecule has 1 saturated heterocycles. The fourth-order valence-electron chi connectivity index (χ4n) is 3.03. The maximum Gasteiger partial charge on any atom is 0.314 e. The Morgan fingerprint density at radius 2 is 1.31 bits per heavy atom. The number of hydrogen-bond acceptors (Lipinski definition) is 3. The van der Waals surface area contributed by atoms with Crippen LogP contribution in [0.1, 0.15) is 25.3 Å². The molecule has 0 unspecified atom stereocenters. The van der Waals surface area contributed by atoms with Crippen molar-refractivity contribution in [3.63, 3.8) is 0 Å². The van der Waals surface area contributed by atoms with Gasteiger partial charge < -0.3 is 15.5 Å². The number of rotatable bonds is 3. The molecule has 136 valence electrons. The number of nitrogens with one attached hydrogen (secondary N) is 2. The molecule has 2 aromatic rings. The van der Waals surface area contributed by atoms with E-state index in [1.807, 2.05) is 43.3 Å². The van der Waals surface area contributed by atoms with Gasteiger partial charge in [-0.25, -0.2) is 0 Å². The van der Waals surface area contributed by atoms with E-state index in [-0.39, 0.29) is 0 Å². The van der Waals surface area contributed by atoms with Gasteiger partial charge in [0.2, 0.25) is 0 Å². The Balaban J connectivity index is 1.55. The van der Waals surface area contributed by atoms with Crippen LogP contribution in [-0.4, -0.2) is 24.9 Å². The molecule has 1 heterocycles. The third-order valence-electron chi connectivity index (χ3n) is 4.79. The van der Waals surface area contributed by atoms with E-state index in [1.165, 1.54) is 12.8 Å². The van der Waals surface area contributed by atoms with Crippen LogP contribution in [0.5, 0.6) is 0 Å². The monoisotopic (exact) mass is 351 g/mol. The molecule has 5 heteroatoms. The van der Waals surface area contributed by atoms with Gasteiger partial charge in [0.1, 0.15) is 0 Å². The second-order valence-corrected chi connectivity index (χ2v) is 6.99. The first-order chi connectivity index (χ1) is 12.5. The molecule has 0 aromatic heterocycles. The predicted molar refractivity (Wildman–Crippen MR) is 105 cm³/mol. The highest BCUT2D eigenvalue weighted by atomic mass is 16.2. The summed E-state index contributed by atoms with van der Waals surface area (Å²) in [5.41, 5.74) is 3.46. The van der Waals surface area contributed by atoms with E-state index in [4.69, 9.17) is 0 Å². The number of piperidine rings is 1. The van der Waals surface area contributed by atoms with Crippen molar-refractivity contribution in [2.45, 2.75) is 26.7 Å². The third-order valence-corrected chi connectivity index (χ3v) is 4.79. The zero-order chi connectivity index (χ0) is 18.5. The molecular formula is C21H25N3O2. The second-order valence-electron chi connectivity index (χ2n) is 6.99. The topological polar surface area (TPSA) is 61.4 Å². The molecule has 2 amide bonds. The maximum atomic E-state index is 12.1. The summed E-state index contributed by atoms with van der Waals surface area (Å²) in [6.07, 6.45) is 2.41. The van der Waals surface area contributed by atoms with Gasteiger partial charge in [-0.1, -0.05) is 24.6 Å². The van der Waals surface area contributed by atoms with Crippen molar-refractivity contribution < 1.29 is 9.59 Å². The Kier molecular flexibility index (Phi) is 5.56. The number of amides is 2. The van der Waals surface area contributed by atoms with E-state index in [0.717, 1.165) is 30.3 Å². The summed E-state index contributed by atoms with van der Waals surface area (Å²) in [6, 6.07) is 15.0. The zero-order valence-electron chi connectivity index (χ0n) is 15.3. The molecule has 1 fully saturated rings. The Labute approximate surface area is 154 Å². The van der Waals surface area contributed by atoms with Gasteiger partial charge in [0.25, 0.3) is 0 Å². The Bertz CT molecular complexity index is 761. The molecule has 0 spiro atoms. The lowest BCUT2D eigenvalue weighted by Gasteiger charge is -2.32. The number of benzene rings is 2.